The highest BCUT2D eigenvalue weighted by Crippen LogP contribution is 2.28. The summed E-state index contributed by atoms with van der Waals surface area (Å²) in [6, 6.07) is 6.10. The van der Waals surface area contributed by atoms with E-state index in [1.807, 2.05) is 0 Å². The van der Waals surface area contributed by atoms with Crippen LogP contribution in [0.1, 0.15) is 28.2 Å². The molecule has 1 heterocycles. The van der Waals surface area contributed by atoms with E-state index in [1.54, 1.807) is 23.9 Å². The Balaban J connectivity index is 2.07. The number of fused-ring (bicyclic) bond motifs is 1. The molecule has 0 bridgehead atoms. The van der Waals surface area contributed by atoms with Crippen molar-refractivity contribution in [2.75, 3.05) is 14.2 Å². The van der Waals surface area contributed by atoms with Crippen molar-refractivity contribution >= 4 is 5.91 Å². The minimum Gasteiger partial charge on any atom is -0.274 e. The molecular weight excluding hydrogens is 273 g/mol. The Hall–Kier alpha value is -2.21. The van der Waals surface area contributed by atoms with Gasteiger partial charge in [-0.15, -0.1) is 0 Å². The van der Waals surface area contributed by atoms with Gasteiger partial charge in [-0.1, -0.05) is 0 Å². The highest BCUT2D eigenvalue weighted by Gasteiger charge is 2.28. The van der Waals surface area contributed by atoms with E-state index in [2.05, 4.69) is 5.10 Å². The number of aromatic nitrogens is 2. The standard InChI is InChI=1S/C15H16FN3O2/c1-18(21-2)15(20)14-12-4-3-5-13(12)19(17-14)11-8-6-10(16)7-9-11/h6-9H,3-5H2,1-2H3. The molecular formula is C15H16FN3O2. The summed E-state index contributed by atoms with van der Waals surface area (Å²) in [5.41, 5.74) is 3.16. The second kappa shape index (κ2) is 5.29. The first-order valence-electron chi connectivity index (χ1n) is 6.80. The highest BCUT2D eigenvalue weighted by atomic mass is 19.1. The van der Waals surface area contributed by atoms with Crippen LogP contribution in [-0.4, -0.2) is 34.9 Å². The molecule has 110 valence electrons. The van der Waals surface area contributed by atoms with Gasteiger partial charge < -0.3 is 0 Å². The Labute approximate surface area is 121 Å². The van der Waals surface area contributed by atoms with Crippen LogP contribution in [0.2, 0.25) is 0 Å². The summed E-state index contributed by atoms with van der Waals surface area (Å²) >= 11 is 0. The molecule has 0 spiro atoms. The second-order valence-corrected chi connectivity index (χ2v) is 5.00. The van der Waals surface area contributed by atoms with Gasteiger partial charge in [0.25, 0.3) is 5.91 Å². The molecule has 1 aliphatic rings. The maximum atomic E-state index is 13.1. The van der Waals surface area contributed by atoms with Crippen LogP contribution in [0.15, 0.2) is 24.3 Å². The van der Waals surface area contributed by atoms with Crippen molar-refractivity contribution < 1.29 is 14.0 Å². The molecule has 1 aromatic heterocycles. The number of amides is 1. The van der Waals surface area contributed by atoms with E-state index in [0.717, 1.165) is 41.3 Å². The fourth-order valence-corrected chi connectivity index (χ4v) is 2.64. The molecule has 1 aliphatic carbocycles. The molecule has 0 saturated carbocycles. The maximum Gasteiger partial charge on any atom is 0.297 e. The molecule has 5 nitrogen and oxygen atoms in total. The van der Waals surface area contributed by atoms with Gasteiger partial charge in [-0.3, -0.25) is 9.63 Å². The zero-order valence-corrected chi connectivity index (χ0v) is 12.0. The average molecular weight is 289 g/mol. The van der Waals surface area contributed by atoms with Gasteiger partial charge in [0.15, 0.2) is 5.69 Å². The molecule has 0 radical (unpaired) electrons. The number of hydrogen-bond donors (Lipinski definition) is 0. The molecule has 0 N–H and O–H groups in total. The largest absolute Gasteiger partial charge is 0.297 e. The van der Waals surface area contributed by atoms with Crippen molar-refractivity contribution in [3.8, 4) is 5.69 Å². The quantitative estimate of drug-likeness (QED) is 0.813. The summed E-state index contributed by atoms with van der Waals surface area (Å²) in [7, 11) is 3.00. The van der Waals surface area contributed by atoms with E-state index in [-0.39, 0.29) is 11.7 Å². The van der Waals surface area contributed by atoms with Gasteiger partial charge in [-0.2, -0.15) is 5.10 Å². The van der Waals surface area contributed by atoms with Crippen LogP contribution in [0, 0.1) is 5.82 Å². The molecule has 21 heavy (non-hydrogen) atoms. The van der Waals surface area contributed by atoms with Crippen LogP contribution in [0.25, 0.3) is 5.69 Å². The van der Waals surface area contributed by atoms with E-state index in [0.29, 0.717) is 5.69 Å². The van der Waals surface area contributed by atoms with Crippen LogP contribution in [0.4, 0.5) is 4.39 Å². The summed E-state index contributed by atoms with van der Waals surface area (Å²) in [6.07, 6.45) is 2.68. The smallest absolute Gasteiger partial charge is 0.274 e. The first kappa shape index (κ1) is 13.8. The summed E-state index contributed by atoms with van der Waals surface area (Å²) in [6.45, 7) is 0. The summed E-state index contributed by atoms with van der Waals surface area (Å²) in [5, 5.41) is 5.59. The Kier molecular flexibility index (Phi) is 3.47. The summed E-state index contributed by atoms with van der Waals surface area (Å²) in [4.78, 5) is 17.2. The van der Waals surface area contributed by atoms with Gasteiger partial charge >= 0.3 is 0 Å². The third-order valence-electron chi connectivity index (χ3n) is 3.76. The maximum absolute atomic E-state index is 13.1. The van der Waals surface area contributed by atoms with Gasteiger partial charge in [0, 0.05) is 18.3 Å². The van der Waals surface area contributed by atoms with Crippen LogP contribution in [0.3, 0.4) is 0 Å². The van der Waals surface area contributed by atoms with Crippen LogP contribution in [-0.2, 0) is 17.7 Å². The number of benzene rings is 1. The lowest BCUT2D eigenvalue weighted by Gasteiger charge is -2.12. The fourth-order valence-electron chi connectivity index (χ4n) is 2.64. The van der Waals surface area contributed by atoms with E-state index in [9.17, 15) is 9.18 Å². The van der Waals surface area contributed by atoms with E-state index in [4.69, 9.17) is 4.84 Å². The summed E-state index contributed by atoms with van der Waals surface area (Å²) in [5.74, 6) is -0.561. The monoisotopic (exact) mass is 289 g/mol. The predicted octanol–water partition coefficient (Wildman–Crippen LogP) is 2.13. The Morgan fingerprint density at radius 3 is 2.71 bits per heavy atom. The lowest BCUT2D eigenvalue weighted by atomic mass is 10.2. The van der Waals surface area contributed by atoms with Crippen LogP contribution < -0.4 is 0 Å². The topological polar surface area (TPSA) is 47.4 Å². The SMILES string of the molecule is CON(C)C(=O)c1nn(-c2ccc(F)cc2)c2c1CCC2. The minimum absolute atomic E-state index is 0.267. The molecule has 0 fully saturated rings. The first-order chi connectivity index (χ1) is 10.1. The van der Waals surface area contributed by atoms with Gasteiger partial charge in [0.1, 0.15) is 5.82 Å². The Morgan fingerprint density at radius 2 is 2.05 bits per heavy atom. The van der Waals surface area contributed by atoms with Gasteiger partial charge in [0.2, 0.25) is 0 Å². The van der Waals surface area contributed by atoms with Gasteiger partial charge in [-0.25, -0.2) is 14.1 Å². The molecule has 0 aliphatic heterocycles. The van der Waals surface area contributed by atoms with Gasteiger partial charge in [0.05, 0.1) is 12.8 Å². The number of carbonyl (C=O) groups excluding carboxylic acids is 1. The van der Waals surface area contributed by atoms with E-state index in [1.165, 1.54) is 19.2 Å². The first-order valence-corrected chi connectivity index (χ1v) is 6.80. The highest BCUT2D eigenvalue weighted by molar-refractivity contribution is 5.93. The van der Waals surface area contributed by atoms with Gasteiger partial charge in [-0.05, 0) is 43.5 Å². The lowest BCUT2D eigenvalue weighted by Crippen LogP contribution is -2.26. The van der Waals surface area contributed by atoms with Crippen molar-refractivity contribution in [3.63, 3.8) is 0 Å². The molecule has 6 heteroatoms. The second-order valence-electron chi connectivity index (χ2n) is 5.00. The van der Waals surface area contributed by atoms with Crippen LogP contribution in [0.5, 0.6) is 0 Å². The number of hydroxylamine groups is 2. The van der Waals surface area contributed by atoms with E-state index >= 15 is 0 Å². The number of carbonyl (C=O) groups is 1. The number of nitrogens with zero attached hydrogens (tertiary/aromatic N) is 3. The average Bonchev–Trinajstić information content (AvgIpc) is 3.09. The van der Waals surface area contributed by atoms with Crippen molar-refractivity contribution in [1.82, 2.24) is 14.8 Å². The predicted molar refractivity (Wildman–Crippen MR) is 74.6 cm³/mol. The Morgan fingerprint density at radius 1 is 1.33 bits per heavy atom. The van der Waals surface area contributed by atoms with Crippen molar-refractivity contribution in [2.24, 2.45) is 0 Å². The van der Waals surface area contributed by atoms with E-state index < -0.39 is 0 Å². The molecule has 2 aromatic rings. The van der Waals surface area contributed by atoms with Crippen molar-refractivity contribution in [2.45, 2.75) is 19.3 Å². The molecule has 1 amide bonds. The van der Waals surface area contributed by atoms with Crippen molar-refractivity contribution in [3.05, 3.63) is 47.0 Å². The minimum atomic E-state index is -0.294. The fraction of sp³-hybridized carbons (Fsp3) is 0.333. The zero-order chi connectivity index (χ0) is 15.0. The normalized spacial score (nSPS) is 13.3. The number of hydrogen-bond acceptors (Lipinski definition) is 3. The molecule has 3 rings (SSSR count). The molecule has 1 aromatic carbocycles. The molecule has 0 saturated heterocycles. The summed E-state index contributed by atoms with van der Waals surface area (Å²) < 4.78 is 14.8. The number of halogens is 1. The third kappa shape index (κ3) is 2.31. The van der Waals surface area contributed by atoms with Crippen LogP contribution >= 0.6 is 0 Å². The number of rotatable bonds is 3. The molecule has 0 unspecified atom stereocenters. The molecule has 0 atom stereocenters. The zero-order valence-electron chi connectivity index (χ0n) is 12.0. The van der Waals surface area contributed by atoms with Crippen molar-refractivity contribution in [1.29, 1.82) is 0 Å². The lowest BCUT2D eigenvalue weighted by molar-refractivity contribution is -0.0761. The third-order valence-corrected chi connectivity index (χ3v) is 3.76. The Bertz CT molecular complexity index is 679.